The molecule has 82 valence electrons. The number of hydrogen-bond donors (Lipinski definition) is 0. The minimum absolute atomic E-state index is 0.0413. The first kappa shape index (κ1) is 10.5. The van der Waals surface area contributed by atoms with Crippen molar-refractivity contribution >= 4 is 17.4 Å². The van der Waals surface area contributed by atoms with E-state index in [-0.39, 0.29) is 5.69 Å². The second-order valence-corrected chi connectivity index (χ2v) is 3.79. The van der Waals surface area contributed by atoms with Gasteiger partial charge in [0.15, 0.2) is 0 Å². The fourth-order valence-electron chi connectivity index (χ4n) is 0.942. The van der Waals surface area contributed by atoms with E-state index >= 15 is 0 Å². The van der Waals surface area contributed by atoms with Gasteiger partial charge in [-0.25, -0.2) is 9.67 Å². The molecule has 0 N–H and O–H groups in total. The van der Waals surface area contributed by atoms with Gasteiger partial charge in [0.2, 0.25) is 5.16 Å². The summed E-state index contributed by atoms with van der Waals surface area (Å²) in [5.41, 5.74) is -0.0413. The summed E-state index contributed by atoms with van der Waals surface area (Å²) in [6, 6.07) is 2.94. The van der Waals surface area contributed by atoms with Crippen molar-refractivity contribution in [3.8, 4) is 0 Å². The molecule has 0 atom stereocenters. The molecule has 9 heteroatoms. The summed E-state index contributed by atoms with van der Waals surface area (Å²) in [5.74, 6) is 0. The molecular formula is C7H6N6O2S. The number of hydrogen-bond acceptors (Lipinski definition) is 7. The number of nitrogens with zero attached hydrogens (tertiary/aromatic N) is 6. The Kier molecular flexibility index (Phi) is 2.77. The predicted molar refractivity (Wildman–Crippen MR) is 53.8 cm³/mol. The van der Waals surface area contributed by atoms with Crippen LogP contribution in [-0.2, 0) is 7.05 Å². The Bertz CT molecular complexity index is 510. The first-order valence-electron chi connectivity index (χ1n) is 4.17. The van der Waals surface area contributed by atoms with Crippen molar-refractivity contribution in [2.75, 3.05) is 0 Å². The van der Waals surface area contributed by atoms with E-state index in [9.17, 15) is 10.1 Å². The van der Waals surface area contributed by atoms with Crippen LogP contribution in [0.5, 0.6) is 0 Å². The molecule has 2 aromatic heterocycles. The Labute approximate surface area is 93.8 Å². The van der Waals surface area contributed by atoms with Gasteiger partial charge in [0.25, 0.3) is 5.69 Å². The van der Waals surface area contributed by atoms with Crippen LogP contribution in [0.1, 0.15) is 0 Å². The monoisotopic (exact) mass is 238 g/mol. The molecule has 0 radical (unpaired) electrons. The van der Waals surface area contributed by atoms with Gasteiger partial charge in [0, 0.05) is 13.1 Å². The van der Waals surface area contributed by atoms with Crippen LogP contribution in [0.4, 0.5) is 5.69 Å². The van der Waals surface area contributed by atoms with E-state index in [4.69, 9.17) is 0 Å². The molecule has 2 aromatic rings. The van der Waals surface area contributed by atoms with Crippen molar-refractivity contribution in [2.45, 2.75) is 10.2 Å². The summed E-state index contributed by atoms with van der Waals surface area (Å²) in [7, 11) is 1.70. The van der Waals surface area contributed by atoms with Gasteiger partial charge < -0.3 is 0 Å². The van der Waals surface area contributed by atoms with E-state index in [1.807, 2.05) is 0 Å². The smallest absolute Gasteiger partial charge is 0.258 e. The zero-order valence-electron chi connectivity index (χ0n) is 8.14. The Balaban J connectivity index is 2.17. The molecule has 0 aromatic carbocycles. The molecule has 0 fully saturated rings. The van der Waals surface area contributed by atoms with E-state index in [0.717, 1.165) is 0 Å². The van der Waals surface area contributed by atoms with Crippen molar-refractivity contribution < 1.29 is 4.92 Å². The molecular weight excluding hydrogens is 232 g/mol. The molecule has 0 unspecified atom stereocenters. The number of pyridine rings is 1. The fourth-order valence-corrected chi connectivity index (χ4v) is 1.62. The maximum absolute atomic E-state index is 10.4. The molecule has 8 nitrogen and oxygen atoms in total. The van der Waals surface area contributed by atoms with Gasteiger partial charge in [-0.1, -0.05) is 0 Å². The minimum atomic E-state index is -0.495. The first-order valence-corrected chi connectivity index (χ1v) is 4.99. The van der Waals surface area contributed by atoms with Crippen LogP contribution in [0, 0.1) is 10.1 Å². The third-order valence-corrected chi connectivity index (χ3v) is 2.69. The Hall–Kier alpha value is -2.03. The maximum atomic E-state index is 10.4. The average Bonchev–Trinajstić information content (AvgIpc) is 2.65. The number of aryl methyl sites for hydroxylation is 1. The molecule has 0 amide bonds. The van der Waals surface area contributed by atoms with Crippen LogP contribution in [0.25, 0.3) is 0 Å². The van der Waals surface area contributed by atoms with E-state index in [1.54, 1.807) is 13.1 Å². The van der Waals surface area contributed by atoms with Crippen LogP contribution >= 0.6 is 11.8 Å². The number of rotatable bonds is 3. The molecule has 0 saturated carbocycles. The highest BCUT2D eigenvalue weighted by Gasteiger charge is 2.09. The van der Waals surface area contributed by atoms with Crippen LogP contribution in [0.3, 0.4) is 0 Å². The van der Waals surface area contributed by atoms with Crippen molar-refractivity contribution in [3.63, 3.8) is 0 Å². The molecule has 0 spiro atoms. The SMILES string of the molecule is Cn1nnnc1Sc1ccc([N+](=O)[O-])cn1. The van der Waals surface area contributed by atoms with Gasteiger partial charge in [-0.05, 0) is 28.3 Å². The summed E-state index contributed by atoms with van der Waals surface area (Å²) < 4.78 is 1.49. The Morgan fingerprint density at radius 3 is 2.81 bits per heavy atom. The summed E-state index contributed by atoms with van der Waals surface area (Å²) in [4.78, 5) is 13.8. The second-order valence-electron chi connectivity index (χ2n) is 2.80. The number of nitro groups is 1. The first-order chi connectivity index (χ1) is 7.66. The zero-order chi connectivity index (χ0) is 11.5. The van der Waals surface area contributed by atoms with E-state index in [2.05, 4.69) is 20.5 Å². The highest BCUT2D eigenvalue weighted by molar-refractivity contribution is 7.99. The van der Waals surface area contributed by atoms with Crippen molar-refractivity contribution in [2.24, 2.45) is 7.05 Å². The van der Waals surface area contributed by atoms with Gasteiger partial charge in [-0.2, -0.15) is 0 Å². The highest BCUT2D eigenvalue weighted by Crippen LogP contribution is 2.23. The van der Waals surface area contributed by atoms with Crippen LogP contribution in [0.15, 0.2) is 28.5 Å². The standard InChI is InChI=1S/C7H6N6O2S/c1-12-7(9-10-11-12)16-6-3-2-5(4-8-6)13(14)15/h2-4H,1H3. The summed E-state index contributed by atoms with van der Waals surface area (Å²) >= 11 is 1.23. The lowest BCUT2D eigenvalue weighted by atomic mass is 10.4. The van der Waals surface area contributed by atoms with E-state index in [1.165, 1.54) is 28.7 Å². The Morgan fingerprint density at radius 2 is 2.31 bits per heavy atom. The molecule has 0 aliphatic heterocycles. The van der Waals surface area contributed by atoms with Gasteiger partial charge in [0.1, 0.15) is 11.2 Å². The largest absolute Gasteiger partial charge is 0.287 e. The van der Waals surface area contributed by atoms with Crippen LogP contribution in [0.2, 0.25) is 0 Å². The van der Waals surface area contributed by atoms with Gasteiger partial charge in [-0.3, -0.25) is 10.1 Å². The lowest BCUT2D eigenvalue weighted by Gasteiger charge is -1.97. The van der Waals surface area contributed by atoms with Crippen molar-refractivity contribution in [1.82, 2.24) is 25.2 Å². The quantitative estimate of drug-likeness (QED) is 0.572. The summed E-state index contributed by atoms with van der Waals surface area (Å²) in [5, 5.41) is 22.5. The van der Waals surface area contributed by atoms with E-state index < -0.39 is 4.92 Å². The lowest BCUT2D eigenvalue weighted by Crippen LogP contribution is -1.94. The molecule has 16 heavy (non-hydrogen) atoms. The molecule has 0 saturated heterocycles. The minimum Gasteiger partial charge on any atom is -0.258 e. The predicted octanol–water partition coefficient (Wildman–Crippen LogP) is 0.664. The lowest BCUT2D eigenvalue weighted by molar-refractivity contribution is -0.385. The topological polar surface area (TPSA) is 99.6 Å². The summed E-state index contributed by atoms with van der Waals surface area (Å²) in [6.07, 6.45) is 1.20. The third-order valence-electron chi connectivity index (χ3n) is 1.71. The molecule has 0 aliphatic carbocycles. The van der Waals surface area contributed by atoms with Gasteiger partial charge in [-0.15, -0.1) is 5.10 Å². The van der Waals surface area contributed by atoms with Crippen molar-refractivity contribution in [3.05, 3.63) is 28.4 Å². The zero-order valence-corrected chi connectivity index (χ0v) is 8.96. The molecule has 0 aliphatic rings. The fraction of sp³-hybridized carbons (Fsp3) is 0.143. The van der Waals surface area contributed by atoms with Crippen molar-refractivity contribution in [1.29, 1.82) is 0 Å². The highest BCUT2D eigenvalue weighted by atomic mass is 32.2. The molecule has 2 heterocycles. The average molecular weight is 238 g/mol. The Morgan fingerprint density at radius 1 is 1.50 bits per heavy atom. The van der Waals surface area contributed by atoms with E-state index in [0.29, 0.717) is 10.2 Å². The summed E-state index contributed by atoms with van der Waals surface area (Å²) in [6.45, 7) is 0. The molecule has 2 rings (SSSR count). The maximum Gasteiger partial charge on any atom is 0.287 e. The molecule has 0 bridgehead atoms. The second kappa shape index (κ2) is 4.23. The number of aromatic nitrogens is 5. The van der Waals surface area contributed by atoms with Crippen LogP contribution < -0.4 is 0 Å². The number of tetrazole rings is 1. The van der Waals surface area contributed by atoms with Gasteiger partial charge >= 0.3 is 0 Å². The normalized spacial score (nSPS) is 10.3. The van der Waals surface area contributed by atoms with Crippen LogP contribution in [-0.4, -0.2) is 30.1 Å². The third kappa shape index (κ3) is 2.14. The van der Waals surface area contributed by atoms with Gasteiger partial charge in [0.05, 0.1) is 4.92 Å².